The zero-order valence-electron chi connectivity index (χ0n) is 12.2. The van der Waals surface area contributed by atoms with Crippen LogP contribution in [0.3, 0.4) is 0 Å². The van der Waals surface area contributed by atoms with E-state index >= 15 is 0 Å². The van der Waals surface area contributed by atoms with E-state index in [1.54, 1.807) is 0 Å². The lowest BCUT2D eigenvalue weighted by molar-refractivity contribution is 0.357. The van der Waals surface area contributed by atoms with Crippen molar-refractivity contribution in [2.75, 3.05) is 11.9 Å². The van der Waals surface area contributed by atoms with E-state index in [0.717, 1.165) is 35.9 Å². The van der Waals surface area contributed by atoms with Crippen molar-refractivity contribution in [2.45, 2.75) is 26.8 Å². The molecule has 3 rings (SSSR count). The van der Waals surface area contributed by atoms with Crippen LogP contribution in [0.4, 0.5) is 5.82 Å². The van der Waals surface area contributed by atoms with Gasteiger partial charge in [-0.15, -0.1) is 0 Å². The van der Waals surface area contributed by atoms with Crippen molar-refractivity contribution in [2.24, 2.45) is 0 Å². The van der Waals surface area contributed by atoms with Crippen LogP contribution in [0.2, 0.25) is 0 Å². The summed E-state index contributed by atoms with van der Waals surface area (Å²) in [4.78, 5) is 4.43. The third-order valence-corrected chi connectivity index (χ3v) is 3.74. The van der Waals surface area contributed by atoms with Crippen molar-refractivity contribution in [1.29, 1.82) is 5.26 Å². The number of pyridine rings is 1. The number of anilines is 1. The molecule has 1 N–H and O–H groups in total. The van der Waals surface area contributed by atoms with Crippen LogP contribution in [-0.4, -0.2) is 11.6 Å². The van der Waals surface area contributed by atoms with Gasteiger partial charge < -0.3 is 10.1 Å². The van der Waals surface area contributed by atoms with Gasteiger partial charge in [-0.1, -0.05) is 12.1 Å². The average Bonchev–Trinajstić information content (AvgIpc) is 2.92. The van der Waals surface area contributed by atoms with Gasteiger partial charge >= 0.3 is 0 Å². The highest BCUT2D eigenvalue weighted by atomic mass is 16.5. The molecule has 0 saturated heterocycles. The minimum Gasteiger partial charge on any atom is -0.493 e. The fraction of sp³-hybridized carbons (Fsp3) is 0.294. The summed E-state index contributed by atoms with van der Waals surface area (Å²) in [6.45, 7) is 5.29. The van der Waals surface area contributed by atoms with E-state index in [1.165, 1.54) is 11.1 Å². The third-order valence-electron chi connectivity index (χ3n) is 3.74. The fourth-order valence-electron chi connectivity index (χ4n) is 2.63. The maximum atomic E-state index is 9.07. The van der Waals surface area contributed by atoms with E-state index in [-0.39, 0.29) is 0 Å². The molecular formula is C17H17N3O. The van der Waals surface area contributed by atoms with Crippen molar-refractivity contribution in [3.05, 3.63) is 52.2 Å². The third kappa shape index (κ3) is 2.68. The number of ether oxygens (including phenoxy) is 1. The Morgan fingerprint density at radius 2 is 2.19 bits per heavy atom. The minimum absolute atomic E-state index is 0.662. The van der Waals surface area contributed by atoms with Crippen LogP contribution in [-0.2, 0) is 13.0 Å². The second-order valence-electron chi connectivity index (χ2n) is 5.29. The van der Waals surface area contributed by atoms with Gasteiger partial charge in [0.25, 0.3) is 0 Å². The number of nitrogens with one attached hydrogen (secondary N) is 1. The molecule has 0 spiro atoms. The van der Waals surface area contributed by atoms with Crippen LogP contribution in [0, 0.1) is 25.2 Å². The molecule has 0 saturated carbocycles. The second-order valence-corrected chi connectivity index (χ2v) is 5.29. The van der Waals surface area contributed by atoms with Gasteiger partial charge in [0, 0.05) is 13.0 Å². The smallest absolute Gasteiger partial charge is 0.126 e. The van der Waals surface area contributed by atoms with Crippen molar-refractivity contribution in [3.8, 4) is 11.8 Å². The lowest BCUT2D eigenvalue weighted by Gasteiger charge is -2.10. The monoisotopic (exact) mass is 279 g/mol. The predicted molar refractivity (Wildman–Crippen MR) is 81.4 cm³/mol. The summed E-state index contributed by atoms with van der Waals surface area (Å²) in [6.07, 6.45) is 0.983. The molecule has 4 heteroatoms. The summed E-state index contributed by atoms with van der Waals surface area (Å²) < 4.78 is 5.51. The fourth-order valence-corrected chi connectivity index (χ4v) is 2.63. The summed E-state index contributed by atoms with van der Waals surface area (Å²) in [5, 5.41) is 12.4. The van der Waals surface area contributed by atoms with Gasteiger partial charge in [0.1, 0.15) is 17.6 Å². The highest BCUT2D eigenvalue weighted by Crippen LogP contribution is 2.26. The predicted octanol–water partition coefficient (Wildman–Crippen LogP) is 3.12. The molecule has 1 aliphatic heterocycles. The van der Waals surface area contributed by atoms with Gasteiger partial charge in [-0.3, -0.25) is 0 Å². The first kappa shape index (κ1) is 13.4. The van der Waals surface area contributed by atoms with E-state index in [9.17, 15) is 0 Å². The number of rotatable bonds is 3. The molecule has 106 valence electrons. The second kappa shape index (κ2) is 5.45. The summed E-state index contributed by atoms with van der Waals surface area (Å²) in [6, 6.07) is 10.4. The Hall–Kier alpha value is -2.54. The van der Waals surface area contributed by atoms with Crippen LogP contribution in [0.5, 0.6) is 5.75 Å². The molecule has 0 radical (unpaired) electrons. The molecule has 4 nitrogen and oxygen atoms in total. The highest BCUT2D eigenvalue weighted by molar-refractivity contribution is 5.49. The van der Waals surface area contributed by atoms with E-state index < -0.39 is 0 Å². The molecule has 1 aliphatic rings. The summed E-state index contributed by atoms with van der Waals surface area (Å²) >= 11 is 0. The summed E-state index contributed by atoms with van der Waals surface area (Å²) in [7, 11) is 0. The number of nitriles is 1. The molecule has 0 atom stereocenters. The van der Waals surface area contributed by atoms with Gasteiger partial charge in [-0.2, -0.15) is 5.26 Å². The minimum atomic E-state index is 0.662. The topological polar surface area (TPSA) is 57.9 Å². The highest BCUT2D eigenvalue weighted by Gasteiger charge is 2.12. The van der Waals surface area contributed by atoms with E-state index in [4.69, 9.17) is 10.00 Å². The molecule has 0 unspecified atom stereocenters. The zero-order valence-corrected chi connectivity index (χ0v) is 12.2. The Bertz CT molecular complexity index is 708. The Labute approximate surface area is 124 Å². The molecule has 2 heterocycles. The largest absolute Gasteiger partial charge is 0.493 e. The van der Waals surface area contributed by atoms with E-state index in [0.29, 0.717) is 12.1 Å². The Morgan fingerprint density at radius 3 is 2.95 bits per heavy atom. The Kier molecular flexibility index (Phi) is 3.49. The molecule has 1 aromatic heterocycles. The van der Waals surface area contributed by atoms with Crippen molar-refractivity contribution in [1.82, 2.24) is 4.98 Å². The SMILES string of the molecule is Cc1cc(NCc2ccc3c(c2)CCO3)nc(C)c1C#N. The number of aryl methyl sites for hydroxylation is 2. The molecule has 21 heavy (non-hydrogen) atoms. The molecule has 0 amide bonds. The Morgan fingerprint density at radius 1 is 1.33 bits per heavy atom. The molecule has 0 fully saturated rings. The van der Waals surface area contributed by atoms with Crippen LogP contribution >= 0.6 is 0 Å². The van der Waals surface area contributed by atoms with Gasteiger partial charge in [-0.25, -0.2) is 4.98 Å². The van der Waals surface area contributed by atoms with Crippen LogP contribution < -0.4 is 10.1 Å². The zero-order chi connectivity index (χ0) is 14.8. The first-order valence-corrected chi connectivity index (χ1v) is 7.04. The standard InChI is InChI=1S/C17H17N3O/c1-11-7-17(20-12(2)15(11)9-18)19-10-13-3-4-16-14(8-13)5-6-21-16/h3-4,7-8H,5-6,10H2,1-2H3,(H,19,20). The Balaban J connectivity index is 1.75. The van der Waals surface area contributed by atoms with E-state index in [1.807, 2.05) is 26.0 Å². The van der Waals surface area contributed by atoms with Crippen LogP contribution in [0.15, 0.2) is 24.3 Å². The van der Waals surface area contributed by atoms with Crippen LogP contribution in [0.1, 0.15) is 27.9 Å². The maximum Gasteiger partial charge on any atom is 0.126 e. The first-order chi connectivity index (χ1) is 10.2. The number of nitrogens with zero attached hydrogens (tertiary/aromatic N) is 2. The summed E-state index contributed by atoms with van der Waals surface area (Å²) in [5.41, 5.74) is 4.86. The van der Waals surface area contributed by atoms with Gasteiger partial charge in [0.05, 0.1) is 17.9 Å². The number of fused-ring (bicyclic) bond motifs is 1. The van der Waals surface area contributed by atoms with Gasteiger partial charge in [0.2, 0.25) is 0 Å². The van der Waals surface area contributed by atoms with Crippen LogP contribution in [0.25, 0.3) is 0 Å². The van der Waals surface area contributed by atoms with Gasteiger partial charge in [0.15, 0.2) is 0 Å². The lowest BCUT2D eigenvalue weighted by Crippen LogP contribution is -2.04. The van der Waals surface area contributed by atoms with Crippen molar-refractivity contribution >= 4 is 5.82 Å². The summed E-state index contributed by atoms with van der Waals surface area (Å²) in [5.74, 6) is 1.81. The molecule has 1 aromatic carbocycles. The molecule has 2 aromatic rings. The first-order valence-electron chi connectivity index (χ1n) is 7.04. The van der Waals surface area contributed by atoms with E-state index in [2.05, 4.69) is 28.5 Å². The molecule has 0 bridgehead atoms. The lowest BCUT2D eigenvalue weighted by atomic mass is 10.1. The molecular weight excluding hydrogens is 262 g/mol. The number of benzene rings is 1. The number of hydrogen-bond donors (Lipinski definition) is 1. The normalized spacial score (nSPS) is 12.4. The number of aromatic nitrogens is 1. The molecule has 0 aliphatic carbocycles. The van der Waals surface area contributed by atoms with Crippen molar-refractivity contribution in [3.63, 3.8) is 0 Å². The van der Waals surface area contributed by atoms with Crippen molar-refractivity contribution < 1.29 is 4.74 Å². The van der Waals surface area contributed by atoms with Gasteiger partial charge in [-0.05, 0) is 42.7 Å². The quantitative estimate of drug-likeness (QED) is 0.937. The number of hydrogen-bond acceptors (Lipinski definition) is 4. The maximum absolute atomic E-state index is 9.07. The average molecular weight is 279 g/mol.